The topological polar surface area (TPSA) is 64.4 Å². The van der Waals surface area contributed by atoms with Crippen LogP contribution >= 0.6 is 0 Å². The first kappa shape index (κ1) is 8.75. The third kappa shape index (κ3) is 2.35. The second-order valence-electron chi connectivity index (χ2n) is 1.99. The molecule has 0 spiro atoms. The molecule has 0 aromatic heterocycles. The van der Waals surface area contributed by atoms with Gasteiger partial charge in [0.2, 0.25) is 0 Å². The van der Waals surface area contributed by atoms with Crippen molar-refractivity contribution in [3.05, 3.63) is 24.2 Å². The largest absolute Gasteiger partial charge is 0.401 e. The summed E-state index contributed by atoms with van der Waals surface area (Å²) in [5, 5.41) is 0. The van der Waals surface area contributed by atoms with Crippen molar-refractivity contribution in [1.82, 2.24) is 0 Å². The maximum Gasteiger partial charge on any atom is 0.0717 e. The number of nitrogens with two attached hydrogens (primary N) is 2. The van der Waals surface area contributed by atoms with Gasteiger partial charge < -0.3 is 11.5 Å². The van der Waals surface area contributed by atoms with Crippen LogP contribution in [0.1, 0.15) is 13.8 Å². The fraction of sp³-hybridized carbons (Fsp3) is 0.286. The van der Waals surface area contributed by atoms with E-state index in [0.717, 1.165) is 0 Å². The third-order valence-electron chi connectivity index (χ3n) is 1.10. The molecule has 0 aliphatic heterocycles. The minimum Gasteiger partial charge on any atom is -0.401 e. The predicted molar refractivity (Wildman–Crippen MR) is 44.4 cm³/mol. The molecule has 0 saturated carbocycles. The van der Waals surface area contributed by atoms with Crippen LogP contribution in [0.15, 0.2) is 29.2 Å². The molecule has 0 radical (unpaired) electrons. The fourth-order valence-corrected chi connectivity index (χ4v) is 0.492. The zero-order chi connectivity index (χ0) is 8.15. The number of allylic oxidation sites excluding steroid dienone is 2. The van der Waals surface area contributed by atoms with E-state index in [1.807, 2.05) is 0 Å². The minimum atomic E-state index is 0.528. The molecule has 0 aromatic rings. The molecule has 0 bridgehead atoms. The SMILES string of the molecule is C=C/N=C(C)\C(N)=C(\C)N. The van der Waals surface area contributed by atoms with Gasteiger partial charge in [0.15, 0.2) is 0 Å². The lowest BCUT2D eigenvalue weighted by Gasteiger charge is -2.00. The Morgan fingerprint density at radius 1 is 1.40 bits per heavy atom. The van der Waals surface area contributed by atoms with Crippen LogP contribution < -0.4 is 11.5 Å². The second kappa shape index (κ2) is 3.71. The van der Waals surface area contributed by atoms with Gasteiger partial charge in [-0.25, -0.2) is 0 Å². The van der Waals surface area contributed by atoms with Crippen molar-refractivity contribution >= 4 is 5.71 Å². The van der Waals surface area contributed by atoms with Crippen LogP contribution in [-0.4, -0.2) is 5.71 Å². The van der Waals surface area contributed by atoms with Crippen molar-refractivity contribution in [1.29, 1.82) is 0 Å². The highest BCUT2D eigenvalue weighted by atomic mass is 14.8. The Balaban J connectivity index is 4.51. The predicted octanol–water partition coefficient (Wildman–Crippen LogP) is 0.740. The van der Waals surface area contributed by atoms with Crippen LogP contribution in [0.2, 0.25) is 0 Å². The molecule has 56 valence electrons. The zero-order valence-electron chi connectivity index (χ0n) is 6.39. The van der Waals surface area contributed by atoms with E-state index in [1.165, 1.54) is 6.20 Å². The third-order valence-corrected chi connectivity index (χ3v) is 1.10. The Hall–Kier alpha value is -1.25. The fourth-order valence-electron chi connectivity index (χ4n) is 0.492. The highest BCUT2D eigenvalue weighted by Gasteiger charge is 1.95. The van der Waals surface area contributed by atoms with Gasteiger partial charge in [-0.3, -0.25) is 4.99 Å². The van der Waals surface area contributed by atoms with Crippen LogP contribution in [0.25, 0.3) is 0 Å². The zero-order valence-corrected chi connectivity index (χ0v) is 6.39. The average molecular weight is 139 g/mol. The Kier molecular flexibility index (Phi) is 3.25. The molecule has 3 nitrogen and oxygen atoms in total. The molecule has 0 fully saturated rings. The van der Waals surface area contributed by atoms with E-state index in [9.17, 15) is 0 Å². The van der Waals surface area contributed by atoms with Gasteiger partial charge in [0.25, 0.3) is 0 Å². The summed E-state index contributed by atoms with van der Waals surface area (Å²) in [6.45, 7) is 6.95. The molecular formula is C7H13N3. The summed E-state index contributed by atoms with van der Waals surface area (Å²) in [6, 6.07) is 0. The summed E-state index contributed by atoms with van der Waals surface area (Å²) in [7, 11) is 0. The number of hydrogen-bond donors (Lipinski definition) is 2. The van der Waals surface area contributed by atoms with E-state index < -0.39 is 0 Å². The summed E-state index contributed by atoms with van der Waals surface area (Å²) >= 11 is 0. The average Bonchev–Trinajstić information content (AvgIpc) is 1.87. The van der Waals surface area contributed by atoms with Crippen molar-refractivity contribution in [3.8, 4) is 0 Å². The maximum atomic E-state index is 5.52. The Morgan fingerprint density at radius 3 is 2.20 bits per heavy atom. The monoisotopic (exact) mass is 139 g/mol. The van der Waals surface area contributed by atoms with Crippen molar-refractivity contribution < 1.29 is 0 Å². The maximum absolute atomic E-state index is 5.52. The Morgan fingerprint density at radius 2 is 1.90 bits per heavy atom. The quantitative estimate of drug-likeness (QED) is 0.554. The number of nitrogens with zero attached hydrogens (tertiary/aromatic N) is 1. The van der Waals surface area contributed by atoms with Crippen molar-refractivity contribution in [2.45, 2.75) is 13.8 Å². The van der Waals surface area contributed by atoms with Gasteiger partial charge in [-0.1, -0.05) is 6.58 Å². The van der Waals surface area contributed by atoms with Crippen LogP contribution in [0.5, 0.6) is 0 Å². The van der Waals surface area contributed by atoms with E-state index in [-0.39, 0.29) is 0 Å². The second-order valence-corrected chi connectivity index (χ2v) is 1.99. The normalized spacial score (nSPS) is 14.4. The van der Waals surface area contributed by atoms with Gasteiger partial charge >= 0.3 is 0 Å². The molecule has 4 N–H and O–H groups in total. The molecule has 0 aliphatic carbocycles. The first-order valence-electron chi connectivity index (χ1n) is 2.97. The van der Waals surface area contributed by atoms with Crippen molar-refractivity contribution in [2.24, 2.45) is 16.5 Å². The number of rotatable bonds is 2. The molecule has 3 heteroatoms. The molecule has 0 aliphatic rings. The summed E-state index contributed by atoms with van der Waals surface area (Å²) < 4.78 is 0. The number of hydrogen-bond acceptors (Lipinski definition) is 3. The standard InChI is InChI=1S/C7H13N3/c1-4-10-6(3)7(9)5(2)8/h4H,1,8-9H2,2-3H3/b7-5+,10-6-. The molecule has 0 heterocycles. The van der Waals surface area contributed by atoms with Crippen LogP contribution in [0.4, 0.5) is 0 Å². The minimum absolute atomic E-state index is 0.528. The molecule has 0 amide bonds. The lowest BCUT2D eigenvalue weighted by atomic mass is 10.2. The molecule has 0 saturated heterocycles. The highest BCUT2D eigenvalue weighted by Crippen LogP contribution is 1.93. The van der Waals surface area contributed by atoms with Gasteiger partial charge in [0.05, 0.1) is 11.4 Å². The molecule has 0 aromatic carbocycles. The van der Waals surface area contributed by atoms with E-state index in [2.05, 4.69) is 11.6 Å². The van der Waals surface area contributed by atoms with Crippen LogP contribution in [0, 0.1) is 0 Å². The lowest BCUT2D eigenvalue weighted by molar-refractivity contribution is 1.22. The lowest BCUT2D eigenvalue weighted by Crippen LogP contribution is -2.13. The number of aliphatic imine (C=N–C) groups is 1. The summed E-state index contributed by atoms with van der Waals surface area (Å²) in [5.74, 6) is 0. The first-order valence-corrected chi connectivity index (χ1v) is 2.97. The molecule has 10 heavy (non-hydrogen) atoms. The van der Waals surface area contributed by atoms with E-state index in [0.29, 0.717) is 17.1 Å². The van der Waals surface area contributed by atoms with Crippen molar-refractivity contribution in [3.63, 3.8) is 0 Å². The Labute approximate surface area is 61.1 Å². The van der Waals surface area contributed by atoms with E-state index >= 15 is 0 Å². The summed E-state index contributed by atoms with van der Waals surface area (Å²) in [5.41, 5.74) is 12.7. The van der Waals surface area contributed by atoms with Gasteiger partial charge in [-0.15, -0.1) is 0 Å². The van der Waals surface area contributed by atoms with Gasteiger partial charge in [-0.2, -0.15) is 0 Å². The van der Waals surface area contributed by atoms with E-state index in [4.69, 9.17) is 11.5 Å². The van der Waals surface area contributed by atoms with Gasteiger partial charge in [-0.05, 0) is 13.8 Å². The van der Waals surface area contributed by atoms with Crippen LogP contribution in [-0.2, 0) is 0 Å². The smallest absolute Gasteiger partial charge is 0.0717 e. The van der Waals surface area contributed by atoms with Crippen molar-refractivity contribution in [2.75, 3.05) is 0 Å². The first-order chi connectivity index (χ1) is 4.59. The van der Waals surface area contributed by atoms with Gasteiger partial charge in [0.1, 0.15) is 0 Å². The highest BCUT2D eigenvalue weighted by molar-refractivity contribution is 5.98. The Bertz CT molecular complexity index is 185. The summed E-state index contributed by atoms with van der Waals surface area (Å²) in [6.07, 6.45) is 1.44. The van der Waals surface area contributed by atoms with Gasteiger partial charge in [0, 0.05) is 11.9 Å². The van der Waals surface area contributed by atoms with E-state index in [1.54, 1.807) is 13.8 Å². The molecular weight excluding hydrogens is 126 g/mol. The molecule has 0 rings (SSSR count). The van der Waals surface area contributed by atoms with Crippen LogP contribution in [0.3, 0.4) is 0 Å². The summed E-state index contributed by atoms with van der Waals surface area (Å²) in [4.78, 5) is 3.86. The molecule has 0 unspecified atom stereocenters. The molecule has 0 atom stereocenters.